The second kappa shape index (κ2) is 3.90. The molecule has 0 fully saturated rings. The molecule has 1 atom stereocenters. The molecule has 80 valence electrons. The molecule has 1 heterocycles. The first kappa shape index (κ1) is 9.98. The number of rotatable bonds is 3. The van der Waals surface area contributed by atoms with Gasteiger partial charge in [-0.15, -0.1) is 0 Å². The quantitative estimate of drug-likeness (QED) is 0.803. The first-order valence-electron chi connectivity index (χ1n) is 5.04. The average Bonchev–Trinajstić information content (AvgIpc) is 2.63. The number of anilines is 1. The molecule has 1 aromatic carbocycles. The molecule has 0 saturated carbocycles. The van der Waals surface area contributed by atoms with Crippen LogP contribution in [0.3, 0.4) is 0 Å². The zero-order valence-corrected chi connectivity index (χ0v) is 8.95. The highest BCUT2D eigenvalue weighted by Crippen LogP contribution is 2.25. The fourth-order valence-electron chi connectivity index (χ4n) is 1.50. The lowest BCUT2D eigenvalue weighted by atomic mass is 10.2. The summed E-state index contributed by atoms with van der Waals surface area (Å²) in [5.41, 5.74) is 7.47. The predicted octanol–water partition coefficient (Wildman–Crippen LogP) is 1.90. The monoisotopic (exact) mass is 205 g/mol. The van der Waals surface area contributed by atoms with Gasteiger partial charge >= 0.3 is 0 Å². The minimum absolute atomic E-state index is 0.193. The van der Waals surface area contributed by atoms with Crippen molar-refractivity contribution < 1.29 is 4.52 Å². The minimum Gasteiger partial charge on any atom is -0.363 e. The summed E-state index contributed by atoms with van der Waals surface area (Å²) < 4.78 is 5.27. The van der Waals surface area contributed by atoms with Gasteiger partial charge in [-0.25, -0.2) is 0 Å². The molecule has 3 N–H and O–H groups in total. The number of hydrogen-bond acceptors (Lipinski definition) is 4. The first-order chi connectivity index (χ1) is 7.22. The maximum absolute atomic E-state index is 5.54. The fourth-order valence-corrected chi connectivity index (χ4v) is 1.50. The SMILES string of the molecule is Cc1cccc2c(NC(C)CN)noc12. The molecule has 0 aliphatic heterocycles. The smallest absolute Gasteiger partial charge is 0.177 e. The van der Waals surface area contributed by atoms with Crippen molar-refractivity contribution in [1.29, 1.82) is 0 Å². The third-order valence-corrected chi connectivity index (χ3v) is 2.43. The van der Waals surface area contributed by atoms with E-state index in [1.165, 1.54) is 0 Å². The largest absolute Gasteiger partial charge is 0.363 e. The van der Waals surface area contributed by atoms with Gasteiger partial charge in [-0.05, 0) is 25.5 Å². The van der Waals surface area contributed by atoms with Crippen LogP contribution >= 0.6 is 0 Å². The molecule has 0 aliphatic rings. The zero-order valence-electron chi connectivity index (χ0n) is 8.95. The number of aromatic nitrogens is 1. The molecule has 0 bridgehead atoms. The number of para-hydroxylation sites is 1. The van der Waals surface area contributed by atoms with Crippen molar-refractivity contribution in [3.05, 3.63) is 23.8 Å². The number of benzene rings is 1. The number of hydrogen-bond donors (Lipinski definition) is 2. The van der Waals surface area contributed by atoms with Crippen molar-refractivity contribution in [3.63, 3.8) is 0 Å². The van der Waals surface area contributed by atoms with Crippen LogP contribution in [-0.2, 0) is 0 Å². The average molecular weight is 205 g/mol. The van der Waals surface area contributed by atoms with E-state index in [4.69, 9.17) is 10.3 Å². The Labute approximate surface area is 88.4 Å². The van der Waals surface area contributed by atoms with Crippen LogP contribution in [0.4, 0.5) is 5.82 Å². The van der Waals surface area contributed by atoms with Crippen LogP contribution in [-0.4, -0.2) is 17.7 Å². The molecule has 15 heavy (non-hydrogen) atoms. The summed E-state index contributed by atoms with van der Waals surface area (Å²) in [5.74, 6) is 0.770. The van der Waals surface area contributed by atoms with E-state index in [1.807, 2.05) is 32.0 Å². The van der Waals surface area contributed by atoms with E-state index >= 15 is 0 Å². The molecule has 1 aromatic heterocycles. The van der Waals surface area contributed by atoms with E-state index in [-0.39, 0.29) is 6.04 Å². The maximum atomic E-state index is 5.54. The number of aryl methyl sites for hydroxylation is 1. The van der Waals surface area contributed by atoms with Crippen LogP contribution in [0.2, 0.25) is 0 Å². The van der Waals surface area contributed by atoms with Crippen LogP contribution in [0.15, 0.2) is 22.7 Å². The highest BCUT2D eigenvalue weighted by Gasteiger charge is 2.10. The molecule has 4 heteroatoms. The normalized spacial score (nSPS) is 13.0. The molecule has 0 radical (unpaired) electrons. The lowest BCUT2D eigenvalue weighted by Gasteiger charge is -2.09. The molecular weight excluding hydrogens is 190 g/mol. The lowest BCUT2D eigenvalue weighted by molar-refractivity contribution is 0.457. The van der Waals surface area contributed by atoms with Crippen LogP contribution in [0.25, 0.3) is 11.0 Å². The van der Waals surface area contributed by atoms with Crippen molar-refractivity contribution in [2.75, 3.05) is 11.9 Å². The molecule has 4 nitrogen and oxygen atoms in total. The molecular formula is C11H15N3O. The van der Waals surface area contributed by atoms with Gasteiger partial charge in [0.05, 0.1) is 5.39 Å². The Morgan fingerprint density at radius 3 is 3.07 bits per heavy atom. The van der Waals surface area contributed by atoms with E-state index in [9.17, 15) is 0 Å². The van der Waals surface area contributed by atoms with Gasteiger partial charge < -0.3 is 15.6 Å². The fraction of sp³-hybridized carbons (Fsp3) is 0.364. The first-order valence-corrected chi connectivity index (χ1v) is 5.04. The summed E-state index contributed by atoms with van der Waals surface area (Å²) in [6.45, 7) is 4.58. The summed E-state index contributed by atoms with van der Waals surface area (Å²) >= 11 is 0. The van der Waals surface area contributed by atoms with Crippen LogP contribution in [0.5, 0.6) is 0 Å². The Morgan fingerprint density at radius 2 is 2.33 bits per heavy atom. The van der Waals surface area contributed by atoms with E-state index in [2.05, 4.69) is 10.5 Å². The molecule has 2 rings (SSSR count). The lowest BCUT2D eigenvalue weighted by Crippen LogP contribution is -2.25. The van der Waals surface area contributed by atoms with E-state index in [1.54, 1.807) is 0 Å². The summed E-state index contributed by atoms with van der Waals surface area (Å²) in [7, 11) is 0. The predicted molar refractivity (Wildman–Crippen MR) is 60.9 cm³/mol. The van der Waals surface area contributed by atoms with Gasteiger partial charge in [0.1, 0.15) is 0 Å². The van der Waals surface area contributed by atoms with E-state index in [0.717, 1.165) is 22.4 Å². The number of nitrogens with two attached hydrogens (primary N) is 1. The van der Waals surface area contributed by atoms with Crippen LogP contribution in [0.1, 0.15) is 12.5 Å². The molecule has 0 aliphatic carbocycles. The van der Waals surface area contributed by atoms with Gasteiger partial charge in [0.25, 0.3) is 0 Å². The second-order valence-electron chi connectivity index (χ2n) is 3.76. The van der Waals surface area contributed by atoms with E-state index < -0.39 is 0 Å². The number of nitrogens with zero attached hydrogens (tertiary/aromatic N) is 1. The van der Waals surface area contributed by atoms with E-state index in [0.29, 0.717) is 6.54 Å². The van der Waals surface area contributed by atoms with Crippen molar-refractivity contribution >= 4 is 16.8 Å². The highest BCUT2D eigenvalue weighted by molar-refractivity contribution is 5.90. The summed E-state index contributed by atoms with van der Waals surface area (Å²) in [6.07, 6.45) is 0. The standard InChI is InChI=1S/C11H15N3O/c1-7-4-3-5-9-10(7)15-14-11(9)13-8(2)6-12/h3-5,8H,6,12H2,1-2H3,(H,13,14). The van der Waals surface area contributed by atoms with Crippen molar-refractivity contribution in [3.8, 4) is 0 Å². The van der Waals surface area contributed by atoms with Crippen LogP contribution < -0.4 is 11.1 Å². The second-order valence-corrected chi connectivity index (χ2v) is 3.76. The van der Waals surface area contributed by atoms with Gasteiger partial charge in [-0.2, -0.15) is 0 Å². The Bertz CT molecular complexity index is 464. The van der Waals surface area contributed by atoms with Crippen LogP contribution in [0, 0.1) is 6.92 Å². The molecule has 0 spiro atoms. The van der Waals surface area contributed by atoms with Gasteiger partial charge in [0, 0.05) is 12.6 Å². The van der Waals surface area contributed by atoms with Gasteiger partial charge in [-0.3, -0.25) is 0 Å². The molecule has 0 amide bonds. The van der Waals surface area contributed by atoms with Crippen molar-refractivity contribution in [2.45, 2.75) is 19.9 Å². The molecule has 2 aromatic rings. The van der Waals surface area contributed by atoms with Gasteiger partial charge in [0.15, 0.2) is 11.4 Å². The minimum atomic E-state index is 0.193. The van der Waals surface area contributed by atoms with Crippen molar-refractivity contribution in [1.82, 2.24) is 5.16 Å². The summed E-state index contributed by atoms with van der Waals surface area (Å²) in [4.78, 5) is 0. The van der Waals surface area contributed by atoms with Gasteiger partial charge in [0.2, 0.25) is 0 Å². The summed E-state index contributed by atoms with van der Waals surface area (Å²) in [6, 6.07) is 6.18. The molecule has 1 unspecified atom stereocenters. The topological polar surface area (TPSA) is 64.1 Å². The zero-order chi connectivity index (χ0) is 10.8. The Balaban J connectivity index is 2.41. The van der Waals surface area contributed by atoms with Crippen molar-refractivity contribution in [2.24, 2.45) is 5.73 Å². The Morgan fingerprint density at radius 1 is 1.53 bits per heavy atom. The third kappa shape index (κ3) is 1.80. The third-order valence-electron chi connectivity index (χ3n) is 2.43. The maximum Gasteiger partial charge on any atom is 0.177 e. The molecule has 0 saturated heterocycles. The Hall–Kier alpha value is -1.55. The summed E-state index contributed by atoms with van der Waals surface area (Å²) in [5, 5.41) is 8.22. The van der Waals surface area contributed by atoms with Gasteiger partial charge in [-0.1, -0.05) is 17.3 Å². The highest BCUT2D eigenvalue weighted by atomic mass is 16.5. The Kier molecular flexibility index (Phi) is 2.60. The number of fused-ring (bicyclic) bond motifs is 1. The number of nitrogens with one attached hydrogen (secondary N) is 1.